The fraction of sp³-hybridized carbons (Fsp3) is 0.167. The molecule has 1 aromatic carbocycles. The van der Waals surface area contributed by atoms with E-state index in [1.54, 1.807) is 0 Å². The molecule has 3 N–H and O–H groups in total. The molecular weight excluding hydrogens is 260 g/mol. The molecule has 8 nitrogen and oxygen atoms in total. The van der Waals surface area contributed by atoms with Gasteiger partial charge in [-0.25, -0.2) is 0 Å². The van der Waals surface area contributed by atoms with E-state index in [0.717, 1.165) is 11.3 Å². The molecule has 0 fully saturated rings. The van der Waals surface area contributed by atoms with Crippen LogP contribution in [-0.4, -0.2) is 31.9 Å². The fourth-order valence-electron chi connectivity index (χ4n) is 1.70. The van der Waals surface area contributed by atoms with Crippen molar-refractivity contribution in [3.8, 4) is 28.9 Å². The Morgan fingerprint density at radius 2 is 2.25 bits per heavy atom. The first-order valence-corrected chi connectivity index (χ1v) is 6.01. The van der Waals surface area contributed by atoms with Crippen LogP contribution in [0.2, 0.25) is 0 Å². The van der Waals surface area contributed by atoms with Gasteiger partial charge in [-0.1, -0.05) is 17.3 Å². The maximum absolute atomic E-state index is 5.43. The van der Waals surface area contributed by atoms with E-state index in [9.17, 15) is 0 Å². The number of nitrogens with one attached hydrogen (secondary N) is 1. The molecule has 3 aromatic rings. The van der Waals surface area contributed by atoms with Gasteiger partial charge in [0, 0.05) is 5.56 Å². The second kappa shape index (κ2) is 5.00. The van der Waals surface area contributed by atoms with Gasteiger partial charge in [0.25, 0.3) is 5.89 Å². The molecule has 0 spiro atoms. The van der Waals surface area contributed by atoms with Gasteiger partial charge < -0.3 is 15.0 Å². The molecule has 0 amide bonds. The molecule has 3 rings (SSSR count). The van der Waals surface area contributed by atoms with Crippen LogP contribution in [0.4, 0.5) is 5.95 Å². The second-order valence-electron chi connectivity index (χ2n) is 3.93. The van der Waals surface area contributed by atoms with Crippen LogP contribution < -0.4 is 10.5 Å². The normalized spacial score (nSPS) is 10.7. The molecule has 0 radical (unpaired) electrons. The SMILES string of the molecule is CCOc1cccc(-c2noc(-c3nc(N)n[nH]3)n2)c1. The Balaban J connectivity index is 1.91. The van der Waals surface area contributed by atoms with E-state index >= 15 is 0 Å². The zero-order valence-corrected chi connectivity index (χ0v) is 10.7. The summed E-state index contributed by atoms with van der Waals surface area (Å²) in [5.74, 6) is 1.88. The van der Waals surface area contributed by atoms with E-state index in [0.29, 0.717) is 18.3 Å². The Bertz CT molecular complexity index is 720. The molecule has 0 aliphatic heterocycles. The van der Waals surface area contributed by atoms with Crippen LogP contribution in [-0.2, 0) is 0 Å². The molecule has 0 atom stereocenters. The summed E-state index contributed by atoms with van der Waals surface area (Å²) in [5, 5.41) is 10.2. The van der Waals surface area contributed by atoms with E-state index in [-0.39, 0.29) is 11.8 Å². The highest BCUT2D eigenvalue weighted by Crippen LogP contribution is 2.23. The van der Waals surface area contributed by atoms with Crippen molar-refractivity contribution in [3.05, 3.63) is 24.3 Å². The first-order chi connectivity index (χ1) is 9.76. The quantitative estimate of drug-likeness (QED) is 0.739. The van der Waals surface area contributed by atoms with Gasteiger partial charge in [0.15, 0.2) is 0 Å². The van der Waals surface area contributed by atoms with E-state index in [4.69, 9.17) is 15.0 Å². The van der Waals surface area contributed by atoms with Gasteiger partial charge in [-0.15, -0.1) is 5.10 Å². The molecule has 0 aliphatic rings. The van der Waals surface area contributed by atoms with Crippen molar-refractivity contribution < 1.29 is 9.26 Å². The maximum Gasteiger partial charge on any atom is 0.295 e. The van der Waals surface area contributed by atoms with E-state index in [1.807, 2.05) is 31.2 Å². The number of rotatable bonds is 4. The van der Waals surface area contributed by atoms with Gasteiger partial charge in [0.1, 0.15) is 5.75 Å². The number of hydrogen-bond donors (Lipinski definition) is 2. The number of benzene rings is 1. The Labute approximate surface area is 114 Å². The van der Waals surface area contributed by atoms with Crippen LogP contribution in [0.1, 0.15) is 6.92 Å². The number of nitrogens with two attached hydrogens (primary N) is 1. The molecule has 0 saturated heterocycles. The second-order valence-corrected chi connectivity index (χ2v) is 3.93. The molecule has 2 aromatic heterocycles. The van der Waals surface area contributed by atoms with Gasteiger partial charge in [0.05, 0.1) is 6.61 Å². The highest BCUT2D eigenvalue weighted by atomic mass is 16.5. The van der Waals surface area contributed by atoms with Crippen LogP contribution in [0.15, 0.2) is 28.8 Å². The molecule has 0 bridgehead atoms. The minimum Gasteiger partial charge on any atom is -0.494 e. The molecule has 0 saturated carbocycles. The van der Waals surface area contributed by atoms with Crippen LogP contribution in [0.25, 0.3) is 23.1 Å². The van der Waals surface area contributed by atoms with Crippen molar-refractivity contribution in [1.29, 1.82) is 0 Å². The fourth-order valence-corrected chi connectivity index (χ4v) is 1.70. The Hall–Kier alpha value is -2.90. The van der Waals surface area contributed by atoms with E-state index in [1.165, 1.54) is 0 Å². The topological polar surface area (TPSA) is 116 Å². The Morgan fingerprint density at radius 1 is 1.35 bits per heavy atom. The lowest BCUT2D eigenvalue weighted by atomic mass is 10.2. The highest BCUT2D eigenvalue weighted by molar-refractivity contribution is 5.59. The summed E-state index contributed by atoms with van der Waals surface area (Å²) in [6.45, 7) is 2.52. The molecule has 20 heavy (non-hydrogen) atoms. The zero-order valence-electron chi connectivity index (χ0n) is 10.7. The molecule has 8 heteroatoms. The third-order valence-electron chi connectivity index (χ3n) is 2.53. The van der Waals surface area contributed by atoms with Crippen molar-refractivity contribution in [2.75, 3.05) is 12.3 Å². The minimum atomic E-state index is 0.123. The number of anilines is 1. The predicted octanol–water partition coefficient (Wildman–Crippen LogP) is 1.50. The maximum atomic E-state index is 5.43. The van der Waals surface area contributed by atoms with Crippen molar-refractivity contribution in [3.63, 3.8) is 0 Å². The van der Waals surface area contributed by atoms with Gasteiger partial charge in [-0.2, -0.15) is 9.97 Å². The van der Waals surface area contributed by atoms with Gasteiger partial charge in [-0.3, -0.25) is 5.10 Å². The Kier molecular flexibility index (Phi) is 3.04. The third kappa shape index (κ3) is 2.30. The van der Waals surface area contributed by atoms with Crippen molar-refractivity contribution in [2.45, 2.75) is 6.92 Å². The molecule has 102 valence electrons. The predicted molar refractivity (Wildman–Crippen MR) is 70.7 cm³/mol. The summed E-state index contributed by atoms with van der Waals surface area (Å²) in [6, 6.07) is 7.44. The third-order valence-corrected chi connectivity index (χ3v) is 2.53. The summed E-state index contributed by atoms with van der Waals surface area (Å²) in [7, 11) is 0. The van der Waals surface area contributed by atoms with Crippen molar-refractivity contribution in [1.82, 2.24) is 25.3 Å². The number of nitrogen functional groups attached to an aromatic ring is 1. The summed E-state index contributed by atoms with van der Waals surface area (Å²) in [4.78, 5) is 8.17. The largest absolute Gasteiger partial charge is 0.494 e. The summed E-state index contributed by atoms with van der Waals surface area (Å²) < 4.78 is 10.6. The summed E-state index contributed by atoms with van der Waals surface area (Å²) in [5.41, 5.74) is 6.22. The number of hydrogen-bond acceptors (Lipinski definition) is 7. The number of H-pyrrole nitrogens is 1. The lowest BCUT2D eigenvalue weighted by Crippen LogP contribution is -1.91. The number of aromatic amines is 1. The number of aromatic nitrogens is 5. The van der Waals surface area contributed by atoms with Crippen molar-refractivity contribution in [2.24, 2.45) is 0 Å². The van der Waals surface area contributed by atoms with Crippen LogP contribution in [0, 0.1) is 0 Å². The Morgan fingerprint density at radius 3 is 3.00 bits per heavy atom. The molecular formula is C12H12N6O2. The number of ether oxygens (including phenoxy) is 1. The van der Waals surface area contributed by atoms with Gasteiger partial charge in [0.2, 0.25) is 17.6 Å². The minimum absolute atomic E-state index is 0.123. The van der Waals surface area contributed by atoms with Gasteiger partial charge in [-0.05, 0) is 19.1 Å². The zero-order chi connectivity index (χ0) is 13.9. The average Bonchev–Trinajstić information content (AvgIpc) is 3.08. The first-order valence-electron chi connectivity index (χ1n) is 6.01. The average molecular weight is 272 g/mol. The lowest BCUT2D eigenvalue weighted by Gasteiger charge is -2.02. The monoisotopic (exact) mass is 272 g/mol. The lowest BCUT2D eigenvalue weighted by molar-refractivity contribution is 0.340. The van der Waals surface area contributed by atoms with Crippen LogP contribution in [0.5, 0.6) is 5.75 Å². The van der Waals surface area contributed by atoms with Gasteiger partial charge >= 0.3 is 0 Å². The summed E-state index contributed by atoms with van der Waals surface area (Å²) in [6.07, 6.45) is 0. The van der Waals surface area contributed by atoms with Crippen molar-refractivity contribution >= 4 is 5.95 Å². The highest BCUT2D eigenvalue weighted by Gasteiger charge is 2.14. The molecule has 0 unspecified atom stereocenters. The van der Waals surface area contributed by atoms with E-state index < -0.39 is 0 Å². The molecule has 0 aliphatic carbocycles. The first kappa shape index (κ1) is 12.2. The summed E-state index contributed by atoms with van der Waals surface area (Å²) >= 11 is 0. The van der Waals surface area contributed by atoms with Crippen LogP contribution in [0.3, 0.4) is 0 Å². The number of nitrogens with zero attached hydrogens (tertiary/aromatic N) is 4. The van der Waals surface area contributed by atoms with E-state index in [2.05, 4.69) is 25.3 Å². The molecule has 2 heterocycles. The van der Waals surface area contributed by atoms with Crippen LogP contribution >= 0.6 is 0 Å². The smallest absolute Gasteiger partial charge is 0.295 e. The standard InChI is InChI=1S/C12H12N6O2/c1-2-19-8-5-3-4-7(6-8)9-14-11(20-18-9)10-15-12(13)17-16-10/h3-6H,2H2,1H3,(H3,13,15,16,17).